The van der Waals surface area contributed by atoms with Crippen LogP contribution in [-0.4, -0.2) is 12.6 Å². The molecule has 1 aromatic carbocycles. The molecule has 0 unspecified atom stereocenters. The molecule has 0 heterocycles. The lowest BCUT2D eigenvalue weighted by atomic mass is 10.1. The van der Waals surface area contributed by atoms with Gasteiger partial charge < -0.3 is 4.74 Å². The maximum absolute atomic E-state index is 12.3. The minimum absolute atomic E-state index is 0.106. The molecule has 0 aromatic heterocycles. The van der Waals surface area contributed by atoms with E-state index in [0.717, 1.165) is 12.1 Å². The first kappa shape index (κ1) is 14.3. The van der Waals surface area contributed by atoms with Crippen molar-refractivity contribution in [1.29, 1.82) is 0 Å². The van der Waals surface area contributed by atoms with Crippen LogP contribution in [0.15, 0.2) is 30.3 Å². The lowest BCUT2D eigenvalue weighted by Gasteiger charge is -2.05. The Bertz CT molecular complexity index is 419. The van der Waals surface area contributed by atoms with Gasteiger partial charge in [0.1, 0.15) is 0 Å². The van der Waals surface area contributed by atoms with Gasteiger partial charge in [0, 0.05) is 0 Å². The Hall–Kier alpha value is -1.78. The van der Waals surface area contributed by atoms with Gasteiger partial charge in [-0.1, -0.05) is 24.3 Å². The Morgan fingerprint density at radius 3 is 2.39 bits per heavy atom. The van der Waals surface area contributed by atoms with E-state index in [1.165, 1.54) is 12.1 Å². The summed E-state index contributed by atoms with van der Waals surface area (Å²) in [5.74, 6) is -0.360. The van der Waals surface area contributed by atoms with Gasteiger partial charge in [-0.3, -0.25) is 4.79 Å². The number of carbonyl (C=O) groups excluding carboxylic acids is 1. The molecule has 0 aliphatic carbocycles. The molecule has 0 saturated carbocycles. The fraction of sp³-hybridized carbons (Fsp3) is 0.308. The number of hydrogen-bond acceptors (Lipinski definition) is 2. The van der Waals surface area contributed by atoms with Crippen LogP contribution in [0.25, 0.3) is 6.08 Å². The second kappa shape index (κ2) is 6.23. The number of carbonyl (C=O) groups is 1. The highest BCUT2D eigenvalue weighted by atomic mass is 19.4. The molecule has 98 valence electrons. The number of benzene rings is 1. The summed E-state index contributed by atoms with van der Waals surface area (Å²) in [6.07, 6.45) is -1.08. The molecule has 0 saturated heterocycles. The molecule has 0 aliphatic rings. The van der Waals surface area contributed by atoms with E-state index in [-0.39, 0.29) is 12.4 Å². The van der Waals surface area contributed by atoms with E-state index in [9.17, 15) is 18.0 Å². The Morgan fingerprint density at radius 1 is 1.28 bits per heavy atom. The summed E-state index contributed by atoms with van der Waals surface area (Å²) in [4.78, 5) is 11.0. The molecule has 0 spiro atoms. The summed E-state index contributed by atoms with van der Waals surface area (Å²) in [5.41, 5.74) is -0.0858. The number of hydrogen-bond donors (Lipinski definition) is 0. The second-order valence-corrected chi connectivity index (χ2v) is 3.53. The largest absolute Gasteiger partial charge is 0.466 e. The molecule has 0 amide bonds. The SMILES string of the molecule is CCOC(=O)CC=Cc1ccc(C(F)(F)F)cc1. The van der Waals surface area contributed by atoms with Crippen LogP contribution in [0, 0.1) is 0 Å². The molecule has 1 rings (SSSR count). The van der Waals surface area contributed by atoms with Crippen molar-refractivity contribution in [3.05, 3.63) is 41.5 Å². The molecule has 5 heteroatoms. The van der Waals surface area contributed by atoms with Gasteiger partial charge in [-0.15, -0.1) is 0 Å². The monoisotopic (exact) mass is 258 g/mol. The third-order valence-electron chi connectivity index (χ3n) is 2.14. The van der Waals surface area contributed by atoms with E-state index in [0.29, 0.717) is 12.2 Å². The number of alkyl halides is 3. The predicted octanol–water partition coefficient (Wildman–Crippen LogP) is 3.67. The summed E-state index contributed by atoms with van der Waals surface area (Å²) in [6.45, 7) is 2.02. The van der Waals surface area contributed by atoms with Crippen molar-refractivity contribution in [3.8, 4) is 0 Å². The minimum Gasteiger partial charge on any atom is -0.466 e. The molecule has 0 fully saturated rings. The summed E-state index contributed by atoms with van der Waals surface area (Å²) < 4.78 is 41.6. The number of halogens is 3. The van der Waals surface area contributed by atoms with Gasteiger partial charge in [-0.2, -0.15) is 13.2 Å². The van der Waals surface area contributed by atoms with E-state index < -0.39 is 11.7 Å². The maximum Gasteiger partial charge on any atom is 0.416 e. The van der Waals surface area contributed by atoms with Crippen LogP contribution in [0.3, 0.4) is 0 Å². The van der Waals surface area contributed by atoms with Gasteiger partial charge in [0.05, 0.1) is 18.6 Å². The lowest BCUT2D eigenvalue weighted by molar-refractivity contribution is -0.142. The quantitative estimate of drug-likeness (QED) is 0.770. The third kappa shape index (κ3) is 4.61. The van der Waals surface area contributed by atoms with Crippen molar-refractivity contribution in [2.75, 3.05) is 6.61 Å². The minimum atomic E-state index is -4.33. The molecular formula is C13H13F3O2. The Balaban J connectivity index is 2.59. The van der Waals surface area contributed by atoms with Gasteiger partial charge in [0.15, 0.2) is 0 Å². The molecule has 18 heavy (non-hydrogen) atoms. The topological polar surface area (TPSA) is 26.3 Å². The first-order valence-corrected chi connectivity index (χ1v) is 5.43. The zero-order valence-corrected chi connectivity index (χ0v) is 9.83. The molecule has 0 N–H and O–H groups in total. The van der Waals surface area contributed by atoms with E-state index in [4.69, 9.17) is 4.74 Å². The summed E-state index contributed by atoms with van der Waals surface area (Å²) >= 11 is 0. The van der Waals surface area contributed by atoms with Crippen LogP contribution in [0.4, 0.5) is 13.2 Å². The van der Waals surface area contributed by atoms with Crippen LogP contribution < -0.4 is 0 Å². The molecule has 0 atom stereocenters. The van der Waals surface area contributed by atoms with Crippen molar-refractivity contribution in [3.63, 3.8) is 0 Å². The normalized spacial score (nSPS) is 11.8. The molecule has 0 aliphatic heterocycles. The van der Waals surface area contributed by atoms with Crippen LogP contribution in [-0.2, 0) is 15.7 Å². The van der Waals surface area contributed by atoms with E-state index in [2.05, 4.69) is 0 Å². The van der Waals surface area contributed by atoms with Crippen LogP contribution in [0.5, 0.6) is 0 Å². The summed E-state index contributed by atoms with van der Waals surface area (Å²) in [7, 11) is 0. The highest BCUT2D eigenvalue weighted by molar-refractivity contribution is 5.72. The molecule has 0 bridgehead atoms. The van der Waals surface area contributed by atoms with Crippen LogP contribution in [0.1, 0.15) is 24.5 Å². The standard InChI is InChI=1S/C13H13F3O2/c1-2-18-12(17)5-3-4-10-6-8-11(9-7-10)13(14,15)16/h3-4,6-9H,2,5H2,1H3. The van der Waals surface area contributed by atoms with Crippen molar-refractivity contribution < 1.29 is 22.7 Å². The molecular weight excluding hydrogens is 245 g/mol. The fourth-order valence-electron chi connectivity index (χ4n) is 1.29. The van der Waals surface area contributed by atoms with E-state index in [1.807, 2.05) is 0 Å². The van der Waals surface area contributed by atoms with E-state index >= 15 is 0 Å². The predicted molar refractivity (Wildman–Crippen MR) is 61.7 cm³/mol. The number of rotatable bonds is 4. The van der Waals surface area contributed by atoms with Crippen molar-refractivity contribution in [2.45, 2.75) is 19.5 Å². The molecule has 2 nitrogen and oxygen atoms in total. The zero-order valence-electron chi connectivity index (χ0n) is 9.83. The maximum atomic E-state index is 12.3. The van der Waals surface area contributed by atoms with Gasteiger partial charge in [-0.05, 0) is 24.6 Å². The fourth-order valence-corrected chi connectivity index (χ4v) is 1.29. The Labute approximate surface area is 103 Å². The van der Waals surface area contributed by atoms with Crippen LogP contribution >= 0.6 is 0 Å². The van der Waals surface area contributed by atoms with Gasteiger partial charge in [-0.25, -0.2) is 0 Å². The second-order valence-electron chi connectivity index (χ2n) is 3.53. The number of ether oxygens (including phenoxy) is 1. The average molecular weight is 258 g/mol. The molecule has 0 radical (unpaired) electrons. The van der Waals surface area contributed by atoms with Gasteiger partial charge in [0.25, 0.3) is 0 Å². The smallest absolute Gasteiger partial charge is 0.416 e. The van der Waals surface area contributed by atoms with Gasteiger partial charge >= 0.3 is 12.1 Å². The van der Waals surface area contributed by atoms with Crippen LogP contribution in [0.2, 0.25) is 0 Å². The highest BCUT2D eigenvalue weighted by Crippen LogP contribution is 2.29. The summed E-state index contributed by atoms with van der Waals surface area (Å²) in [6, 6.07) is 4.71. The average Bonchev–Trinajstić information content (AvgIpc) is 2.29. The highest BCUT2D eigenvalue weighted by Gasteiger charge is 2.29. The molecule has 1 aromatic rings. The Morgan fingerprint density at radius 2 is 1.89 bits per heavy atom. The third-order valence-corrected chi connectivity index (χ3v) is 2.14. The van der Waals surface area contributed by atoms with Crippen molar-refractivity contribution in [2.24, 2.45) is 0 Å². The first-order chi connectivity index (χ1) is 8.43. The first-order valence-electron chi connectivity index (χ1n) is 5.43. The summed E-state index contributed by atoms with van der Waals surface area (Å²) in [5, 5.41) is 0. The van der Waals surface area contributed by atoms with E-state index in [1.54, 1.807) is 19.1 Å². The zero-order chi connectivity index (χ0) is 13.6. The lowest BCUT2D eigenvalue weighted by Crippen LogP contribution is -2.04. The van der Waals surface area contributed by atoms with Crippen molar-refractivity contribution in [1.82, 2.24) is 0 Å². The van der Waals surface area contributed by atoms with Crippen molar-refractivity contribution >= 4 is 12.0 Å². The number of esters is 1. The van der Waals surface area contributed by atoms with Gasteiger partial charge in [0.2, 0.25) is 0 Å². The Kier molecular flexibility index (Phi) is 4.95.